The van der Waals surface area contributed by atoms with Crippen LogP contribution >= 0.6 is 11.3 Å². The Kier molecular flexibility index (Phi) is 4.28. The van der Waals surface area contributed by atoms with E-state index >= 15 is 0 Å². The van der Waals surface area contributed by atoms with Crippen LogP contribution in [0.15, 0.2) is 54.6 Å². The first kappa shape index (κ1) is 15.9. The fourth-order valence-electron chi connectivity index (χ4n) is 2.95. The normalized spacial score (nSPS) is 11.2. The fourth-order valence-corrected chi connectivity index (χ4v) is 3.72. The second kappa shape index (κ2) is 6.73. The van der Waals surface area contributed by atoms with E-state index in [0.717, 1.165) is 35.4 Å². The van der Waals surface area contributed by atoms with Gasteiger partial charge in [0.15, 0.2) is 5.13 Å². The summed E-state index contributed by atoms with van der Waals surface area (Å²) in [5.41, 5.74) is 9.14. The third kappa shape index (κ3) is 3.30. The minimum absolute atomic E-state index is 0.612. The van der Waals surface area contributed by atoms with Crippen molar-refractivity contribution >= 4 is 37.5 Å². The molecule has 1 heterocycles. The molecule has 25 heavy (non-hydrogen) atoms. The Morgan fingerprint density at radius 2 is 1.72 bits per heavy atom. The van der Waals surface area contributed by atoms with Crippen molar-refractivity contribution in [2.75, 3.05) is 12.3 Å². The number of anilines is 1. The van der Waals surface area contributed by atoms with Crippen molar-refractivity contribution in [2.45, 2.75) is 19.8 Å². The molecule has 4 heteroatoms. The maximum Gasteiger partial charge on any atom is 0.181 e. The lowest BCUT2D eigenvalue weighted by atomic mass is 10.0. The van der Waals surface area contributed by atoms with Crippen LogP contribution < -0.4 is 10.5 Å². The average molecular weight is 348 g/mol. The van der Waals surface area contributed by atoms with E-state index in [1.165, 1.54) is 33.2 Å². The molecule has 0 bridgehead atoms. The number of hydrogen-bond donors (Lipinski definition) is 1. The number of thiazole rings is 1. The number of unbranched alkanes of at least 4 members (excludes halogenated alkanes) is 1. The molecule has 0 saturated heterocycles. The molecule has 126 valence electrons. The van der Waals surface area contributed by atoms with E-state index in [-0.39, 0.29) is 0 Å². The number of nitrogens with two attached hydrogens (primary N) is 1. The standard InChI is InChI=1S/C21H20N2OS/c1-2-3-10-24-18-8-6-15-11-14(4-5-16(15)12-18)17-7-9-19-20(13-17)25-21(22)23-19/h4-9,11-13H,2-3,10H2,1H3,(H2,22,23). The van der Waals surface area contributed by atoms with E-state index in [4.69, 9.17) is 10.5 Å². The van der Waals surface area contributed by atoms with E-state index < -0.39 is 0 Å². The lowest BCUT2D eigenvalue weighted by molar-refractivity contribution is 0.310. The quantitative estimate of drug-likeness (QED) is 0.458. The molecular weight excluding hydrogens is 328 g/mol. The van der Waals surface area contributed by atoms with Crippen LogP contribution in [0.1, 0.15) is 19.8 Å². The number of nitrogen functional groups attached to an aromatic ring is 1. The SMILES string of the molecule is CCCCOc1ccc2cc(-c3ccc4nc(N)sc4c3)ccc2c1. The third-order valence-electron chi connectivity index (χ3n) is 4.32. The highest BCUT2D eigenvalue weighted by molar-refractivity contribution is 7.22. The molecule has 4 rings (SSSR count). The summed E-state index contributed by atoms with van der Waals surface area (Å²) in [6.45, 7) is 2.95. The predicted molar refractivity (Wildman–Crippen MR) is 107 cm³/mol. The Balaban J connectivity index is 1.66. The zero-order valence-corrected chi connectivity index (χ0v) is 15.0. The predicted octanol–water partition coefficient (Wildman–Crippen LogP) is 5.88. The van der Waals surface area contributed by atoms with Gasteiger partial charge in [-0.05, 0) is 58.7 Å². The van der Waals surface area contributed by atoms with Crippen molar-refractivity contribution in [3.05, 3.63) is 54.6 Å². The highest BCUT2D eigenvalue weighted by atomic mass is 32.1. The van der Waals surface area contributed by atoms with Crippen molar-refractivity contribution in [3.8, 4) is 16.9 Å². The molecule has 4 aromatic rings. The van der Waals surface area contributed by atoms with Crippen molar-refractivity contribution in [1.29, 1.82) is 0 Å². The minimum Gasteiger partial charge on any atom is -0.494 e. The van der Waals surface area contributed by atoms with Crippen LogP contribution in [0.3, 0.4) is 0 Å². The van der Waals surface area contributed by atoms with Gasteiger partial charge in [0.2, 0.25) is 0 Å². The van der Waals surface area contributed by atoms with Crippen LogP contribution in [0, 0.1) is 0 Å². The van der Waals surface area contributed by atoms with E-state index in [1.807, 2.05) is 6.07 Å². The second-order valence-electron chi connectivity index (χ2n) is 6.16. The van der Waals surface area contributed by atoms with Gasteiger partial charge in [0.05, 0.1) is 16.8 Å². The monoisotopic (exact) mass is 348 g/mol. The van der Waals surface area contributed by atoms with Crippen molar-refractivity contribution in [3.63, 3.8) is 0 Å². The molecule has 0 spiro atoms. The lowest BCUT2D eigenvalue weighted by Crippen LogP contribution is -1.95. The summed E-state index contributed by atoms with van der Waals surface area (Å²) in [6.07, 6.45) is 2.23. The molecule has 0 aliphatic heterocycles. The molecule has 2 N–H and O–H groups in total. The van der Waals surface area contributed by atoms with Gasteiger partial charge in [0.1, 0.15) is 5.75 Å². The van der Waals surface area contributed by atoms with Gasteiger partial charge in [-0.3, -0.25) is 0 Å². The number of benzene rings is 3. The molecule has 0 aliphatic rings. The summed E-state index contributed by atoms with van der Waals surface area (Å²) >= 11 is 1.53. The highest BCUT2D eigenvalue weighted by Crippen LogP contribution is 2.31. The van der Waals surface area contributed by atoms with E-state index in [2.05, 4.69) is 60.4 Å². The molecular formula is C21H20N2OS. The molecule has 3 aromatic carbocycles. The Morgan fingerprint density at radius 3 is 2.60 bits per heavy atom. The molecule has 1 aromatic heterocycles. The molecule has 0 unspecified atom stereocenters. The molecule has 0 aliphatic carbocycles. The van der Waals surface area contributed by atoms with Crippen LogP contribution in [0.5, 0.6) is 5.75 Å². The van der Waals surface area contributed by atoms with Gasteiger partial charge < -0.3 is 10.5 Å². The zero-order chi connectivity index (χ0) is 17.2. The summed E-state index contributed by atoms with van der Waals surface area (Å²) in [6, 6.07) is 19.1. The Morgan fingerprint density at radius 1 is 0.960 bits per heavy atom. The van der Waals surface area contributed by atoms with E-state index in [1.54, 1.807) is 0 Å². The number of aromatic nitrogens is 1. The van der Waals surface area contributed by atoms with Crippen molar-refractivity contribution in [1.82, 2.24) is 4.98 Å². The van der Waals surface area contributed by atoms with Gasteiger partial charge in [-0.1, -0.05) is 48.9 Å². The zero-order valence-electron chi connectivity index (χ0n) is 14.2. The molecule has 0 fully saturated rings. The lowest BCUT2D eigenvalue weighted by Gasteiger charge is -2.08. The van der Waals surface area contributed by atoms with E-state index in [0.29, 0.717) is 5.13 Å². The summed E-state index contributed by atoms with van der Waals surface area (Å²) in [5, 5.41) is 3.02. The first-order valence-electron chi connectivity index (χ1n) is 8.56. The first-order chi connectivity index (χ1) is 12.2. The highest BCUT2D eigenvalue weighted by Gasteiger charge is 2.05. The van der Waals surface area contributed by atoms with Crippen molar-refractivity contribution < 1.29 is 4.74 Å². The largest absolute Gasteiger partial charge is 0.494 e. The Labute approximate surface area is 151 Å². The van der Waals surface area contributed by atoms with Gasteiger partial charge in [-0.25, -0.2) is 4.98 Å². The van der Waals surface area contributed by atoms with Gasteiger partial charge in [-0.15, -0.1) is 0 Å². The first-order valence-corrected chi connectivity index (χ1v) is 9.37. The van der Waals surface area contributed by atoms with Crippen molar-refractivity contribution in [2.24, 2.45) is 0 Å². The maximum absolute atomic E-state index is 5.81. The second-order valence-corrected chi connectivity index (χ2v) is 7.22. The van der Waals surface area contributed by atoms with Crippen LogP contribution in [-0.2, 0) is 0 Å². The summed E-state index contributed by atoms with van der Waals surface area (Å²) in [5.74, 6) is 0.940. The maximum atomic E-state index is 5.81. The molecule has 0 amide bonds. The van der Waals surface area contributed by atoms with Gasteiger partial charge in [0.25, 0.3) is 0 Å². The summed E-state index contributed by atoms with van der Waals surface area (Å²) in [7, 11) is 0. The van der Waals surface area contributed by atoms with E-state index in [9.17, 15) is 0 Å². The molecule has 3 nitrogen and oxygen atoms in total. The summed E-state index contributed by atoms with van der Waals surface area (Å²) in [4.78, 5) is 4.32. The Hall–Kier alpha value is -2.59. The number of fused-ring (bicyclic) bond motifs is 2. The third-order valence-corrected chi connectivity index (χ3v) is 5.16. The van der Waals surface area contributed by atoms with Crippen LogP contribution in [-0.4, -0.2) is 11.6 Å². The van der Waals surface area contributed by atoms with Crippen LogP contribution in [0.4, 0.5) is 5.13 Å². The number of hydrogen-bond acceptors (Lipinski definition) is 4. The fraction of sp³-hybridized carbons (Fsp3) is 0.190. The number of nitrogens with zero attached hydrogens (tertiary/aromatic N) is 1. The van der Waals surface area contributed by atoms with Crippen LogP contribution in [0.2, 0.25) is 0 Å². The average Bonchev–Trinajstić information content (AvgIpc) is 3.00. The van der Waals surface area contributed by atoms with Gasteiger partial charge in [0, 0.05) is 0 Å². The van der Waals surface area contributed by atoms with Gasteiger partial charge in [-0.2, -0.15) is 0 Å². The topological polar surface area (TPSA) is 48.1 Å². The summed E-state index contributed by atoms with van der Waals surface area (Å²) < 4.78 is 6.92. The van der Waals surface area contributed by atoms with Crippen LogP contribution in [0.25, 0.3) is 32.1 Å². The number of rotatable bonds is 5. The molecule has 0 atom stereocenters. The molecule has 0 radical (unpaired) electrons. The molecule has 0 saturated carbocycles. The number of ether oxygens (including phenoxy) is 1. The van der Waals surface area contributed by atoms with Gasteiger partial charge >= 0.3 is 0 Å². The Bertz CT molecular complexity index is 1040. The smallest absolute Gasteiger partial charge is 0.181 e. The minimum atomic E-state index is 0.612.